The molecule has 0 saturated heterocycles. The molecule has 1 heterocycles. The van der Waals surface area contributed by atoms with Crippen molar-refractivity contribution in [3.05, 3.63) is 20.1 Å². The average Bonchev–Trinajstić information content (AvgIpc) is 1.96. The van der Waals surface area contributed by atoms with Gasteiger partial charge in [-0.2, -0.15) is 0 Å². The van der Waals surface area contributed by atoms with Crippen molar-refractivity contribution in [1.29, 1.82) is 0 Å². The van der Waals surface area contributed by atoms with E-state index in [4.69, 9.17) is 0 Å². The van der Waals surface area contributed by atoms with Gasteiger partial charge in [0.1, 0.15) is 4.60 Å². The number of ether oxygens (including phenoxy) is 1. The fourth-order valence-electron chi connectivity index (χ4n) is 0.619. The van der Waals surface area contributed by atoms with E-state index in [1.54, 1.807) is 0 Å². The molecule has 1 aromatic rings. The number of hydrogen-bond acceptors (Lipinski definition) is 2. The van der Waals surface area contributed by atoms with Crippen LogP contribution >= 0.6 is 38.5 Å². The first-order valence-corrected chi connectivity index (χ1v) is 4.94. The average molecular weight is 386 g/mol. The normalized spacial score (nSPS) is 11.6. The number of halogens is 6. The minimum Gasteiger partial charge on any atom is -0.388 e. The van der Waals surface area contributed by atoms with Crippen molar-refractivity contribution in [2.45, 2.75) is 6.36 Å². The van der Waals surface area contributed by atoms with Gasteiger partial charge in [-0.25, -0.2) is 9.37 Å². The fourth-order valence-corrected chi connectivity index (χ4v) is 1.90. The topological polar surface area (TPSA) is 22.1 Å². The SMILES string of the molecule is Fc1c(I)cc(OC(F)(F)F)nc1Br. The molecule has 8 heteroatoms. The summed E-state index contributed by atoms with van der Waals surface area (Å²) in [7, 11) is 0. The van der Waals surface area contributed by atoms with Gasteiger partial charge in [-0.15, -0.1) is 13.2 Å². The van der Waals surface area contributed by atoms with Crippen molar-refractivity contribution < 1.29 is 22.3 Å². The van der Waals surface area contributed by atoms with Crippen LogP contribution in [0.2, 0.25) is 0 Å². The monoisotopic (exact) mass is 385 g/mol. The third kappa shape index (κ3) is 3.23. The lowest BCUT2D eigenvalue weighted by molar-refractivity contribution is -0.276. The molecule has 0 bridgehead atoms. The van der Waals surface area contributed by atoms with E-state index in [0.29, 0.717) is 0 Å². The molecule has 0 aliphatic rings. The first-order chi connectivity index (χ1) is 6.29. The number of aromatic nitrogens is 1. The molecule has 0 unspecified atom stereocenters. The summed E-state index contributed by atoms with van der Waals surface area (Å²) < 4.78 is 51.3. The van der Waals surface area contributed by atoms with E-state index in [1.807, 2.05) is 0 Å². The highest BCUT2D eigenvalue weighted by molar-refractivity contribution is 14.1. The summed E-state index contributed by atoms with van der Waals surface area (Å²) >= 11 is 4.20. The zero-order valence-corrected chi connectivity index (χ0v) is 9.94. The van der Waals surface area contributed by atoms with Crippen LogP contribution in [0.5, 0.6) is 5.88 Å². The maximum atomic E-state index is 12.9. The molecule has 14 heavy (non-hydrogen) atoms. The minimum atomic E-state index is -4.83. The molecule has 0 atom stereocenters. The van der Waals surface area contributed by atoms with Gasteiger partial charge in [-0.05, 0) is 38.5 Å². The van der Waals surface area contributed by atoms with Gasteiger partial charge < -0.3 is 4.74 Å². The Kier molecular flexibility index (Phi) is 3.56. The molecule has 2 nitrogen and oxygen atoms in total. The molecule has 0 radical (unpaired) electrons. The molecule has 0 N–H and O–H groups in total. The fraction of sp³-hybridized carbons (Fsp3) is 0.167. The second-order valence-electron chi connectivity index (χ2n) is 2.09. The third-order valence-electron chi connectivity index (χ3n) is 1.07. The van der Waals surface area contributed by atoms with Gasteiger partial charge in [-0.3, -0.25) is 0 Å². The van der Waals surface area contributed by atoms with Gasteiger partial charge in [0, 0.05) is 6.07 Å². The molecule has 0 saturated carbocycles. The molecule has 0 fully saturated rings. The van der Waals surface area contributed by atoms with Crippen LogP contribution in [0.15, 0.2) is 10.7 Å². The number of alkyl halides is 3. The number of hydrogen-bond donors (Lipinski definition) is 0. The number of nitrogens with zero attached hydrogens (tertiary/aromatic N) is 1. The summed E-state index contributed by atoms with van der Waals surface area (Å²) in [5, 5.41) is 0. The van der Waals surface area contributed by atoms with Crippen LogP contribution in [-0.2, 0) is 0 Å². The van der Waals surface area contributed by atoms with Gasteiger partial charge in [0.05, 0.1) is 3.57 Å². The van der Waals surface area contributed by atoms with Gasteiger partial charge in [0.15, 0.2) is 5.82 Å². The highest BCUT2D eigenvalue weighted by Crippen LogP contribution is 2.26. The second kappa shape index (κ2) is 4.17. The van der Waals surface area contributed by atoms with Crippen LogP contribution in [0, 0.1) is 9.39 Å². The Morgan fingerprint density at radius 2 is 2.00 bits per heavy atom. The Balaban J connectivity index is 3.02. The van der Waals surface area contributed by atoms with Gasteiger partial charge in [-0.1, -0.05) is 0 Å². The maximum absolute atomic E-state index is 12.9. The third-order valence-corrected chi connectivity index (χ3v) is 2.38. The van der Waals surface area contributed by atoms with Crippen LogP contribution in [0.1, 0.15) is 0 Å². The van der Waals surface area contributed by atoms with Crippen molar-refractivity contribution in [2.24, 2.45) is 0 Å². The Morgan fingerprint density at radius 3 is 2.43 bits per heavy atom. The van der Waals surface area contributed by atoms with Crippen LogP contribution in [0.3, 0.4) is 0 Å². The molecule has 1 rings (SSSR count). The summed E-state index contributed by atoms with van der Waals surface area (Å²) in [4.78, 5) is 3.21. The lowest BCUT2D eigenvalue weighted by atomic mass is 10.5. The smallest absolute Gasteiger partial charge is 0.388 e. The quantitative estimate of drug-likeness (QED) is 0.419. The summed E-state index contributed by atoms with van der Waals surface area (Å²) in [5.41, 5.74) is 0. The van der Waals surface area contributed by atoms with Crippen LogP contribution in [-0.4, -0.2) is 11.3 Å². The molecular formula is C6HBrF4INO. The predicted octanol–water partition coefficient (Wildman–Crippen LogP) is 3.49. The van der Waals surface area contributed by atoms with Crippen molar-refractivity contribution in [2.75, 3.05) is 0 Å². The number of pyridine rings is 1. The van der Waals surface area contributed by atoms with E-state index in [2.05, 4.69) is 25.7 Å². The molecule has 0 amide bonds. The predicted molar refractivity (Wildman–Crippen MR) is 51.3 cm³/mol. The zero-order valence-electron chi connectivity index (χ0n) is 6.20. The Hall–Kier alpha value is -0.120. The van der Waals surface area contributed by atoms with E-state index < -0.39 is 18.1 Å². The van der Waals surface area contributed by atoms with Crippen LogP contribution in [0.4, 0.5) is 17.6 Å². The van der Waals surface area contributed by atoms with Gasteiger partial charge >= 0.3 is 6.36 Å². The molecule has 0 aliphatic carbocycles. The van der Waals surface area contributed by atoms with E-state index in [-0.39, 0.29) is 8.17 Å². The zero-order chi connectivity index (χ0) is 10.9. The van der Waals surface area contributed by atoms with E-state index >= 15 is 0 Å². The second-order valence-corrected chi connectivity index (χ2v) is 4.01. The van der Waals surface area contributed by atoms with Gasteiger partial charge in [0.2, 0.25) is 5.88 Å². The van der Waals surface area contributed by atoms with E-state index in [1.165, 1.54) is 22.6 Å². The van der Waals surface area contributed by atoms with Crippen molar-refractivity contribution >= 4 is 38.5 Å². The first-order valence-electron chi connectivity index (χ1n) is 3.07. The molecule has 1 aromatic heterocycles. The summed E-state index contributed by atoms with van der Waals surface area (Å²) in [6, 6.07) is 0.855. The summed E-state index contributed by atoms with van der Waals surface area (Å²) in [6.07, 6.45) is -4.83. The Morgan fingerprint density at radius 1 is 1.43 bits per heavy atom. The molecule has 0 spiro atoms. The van der Waals surface area contributed by atoms with E-state index in [9.17, 15) is 17.6 Å². The van der Waals surface area contributed by atoms with Crippen LogP contribution in [0.25, 0.3) is 0 Å². The maximum Gasteiger partial charge on any atom is 0.574 e. The van der Waals surface area contributed by atoms with E-state index in [0.717, 1.165) is 6.07 Å². The van der Waals surface area contributed by atoms with Gasteiger partial charge in [0.25, 0.3) is 0 Å². The molecule has 0 aliphatic heterocycles. The highest BCUT2D eigenvalue weighted by Gasteiger charge is 2.32. The lowest BCUT2D eigenvalue weighted by Crippen LogP contribution is -2.18. The van der Waals surface area contributed by atoms with Crippen molar-refractivity contribution in [1.82, 2.24) is 4.98 Å². The van der Waals surface area contributed by atoms with Crippen molar-refractivity contribution in [3.8, 4) is 5.88 Å². The summed E-state index contributed by atoms with van der Waals surface area (Å²) in [6.45, 7) is 0. The Labute approximate surface area is 97.9 Å². The number of rotatable bonds is 1. The first kappa shape index (κ1) is 12.0. The molecule has 0 aromatic carbocycles. The lowest BCUT2D eigenvalue weighted by Gasteiger charge is -2.08. The summed E-state index contributed by atoms with van der Waals surface area (Å²) in [5.74, 6) is -1.42. The molecule has 78 valence electrons. The van der Waals surface area contributed by atoms with Crippen LogP contribution < -0.4 is 4.74 Å². The standard InChI is InChI=1S/C6HBrF4INO/c7-5-4(8)2(12)1-3(13-5)14-6(9,10)11/h1H. The minimum absolute atomic E-state index is 0.0104. The largest absolute Gasteiger partial charge is 0.574 e. The highest BCUT2D eigenvalue weighted by atomic mass is 127. The van der Waals surface area contributed by atoms with Crippen molar-refractivity contribution in [3.63, 3.8) is 0 Å². The molecular weight excluding hydrogens is 385 g/mol. The Bertz CT molecular complexity index is 333.